The average Bonchev–Trinajstić information content (AvgIpc) is 3.80. The highest BCUT2D eigenvalue weighted by atomic mass is 32.2. The first-order valence-corrected chi connectivity index (χ1v) is 22.3. The summed E-state index contributed by atoms with van der Waals surface area (Å²) in [5.41, 5.74) is 5.36. The lowest BCUT2D eigenvalue weighted by atomic mass is 9.77. The predicted molar refractivity (Wildman–Crippen MR) is 250 cm³/mol. The molecule has 2 amide bonds. The van der Waals surface area contributed by atoms with Crippen molar-refractivity contribution in [3.63, 3.8) is 0 Å². The molecule has 0 spiro atoms. The maximum absolute atomic E-state index is 14.9. The Morgan fingerprint density at radius 3 is 1.60 bits per heavy atom. The lowest BCUT2D eigenvalue weighted by Gasteiger charge is -2.49. The van der Waals surface area contributed by atoms with Gasteiger partial charge >= 0.3 is 0 Å². The smallest absolute Gasteiger partial charge is 0.276 e. The number of oxime groups is 1. The van der Waals surface area contributed by atoms with E-state index in [9.17, 15) is 9.59 Å². The number of nitrogens with one attached hydrogen (secondary N) is 2. The molecular weight excluding hydrogens is 807 g/mol. The molecule has 1 aromatic heterocycles. The van der Waals surface area contributed by atoms with E-state index in [-0.39, 0.29) is 22.7 Å². The number of carbonyl (C=O) groups is 2. The second-order valence-electron chi connectivity index (χ2n) is 15.0. The molecule has 0 unspecified atom stereocenters. The number of anilines is 1. The summed E-state index contributed by atoms with van der Waals surface area (Å²) in [6, 6.07) is 59.5. The zero-order chi connectivity index (χ0) is 42.5. The van der Waals surface area contributed by atoms with Crippen LogP contribution in [-0.4, -0.2) is 44.6 Å². The Bertz CT molecular complexity index is 2550. The van der Waals surface area contributed by atoms with Crippen molar-refractivity contribution in [1.29, 1.82) is 0 Å². The highest BCUT2D eigenvalue weighted by Crippen LogP contribution is 2.44. The second kappa shape index (κ2) is 17.5. The van der Waals surface area contributed by atoms with Crippen LogP contribution in [0.25, 0.3) is 0 Å². The van der Waals surface area contributed by atoms with Crippen LogP contribution in [0.3, 0.4) is 0 Å². The second-order valence-corrected chi connectivity index (χ2v) is 17.0. The Balaban J connectivity index is 1.17. The molecule has 0 radical (unpaired) electrons. The average molecular weight is 850 g/mol. The molecule has 2 aliphatic rings. The lowest BCUT2D eigenvalue weighted by Crippen LogP contribution is -2.70. The number of thioether (sulfide) groups is 1. The molecule has 0 bridgehead atoms. The quantitative estimate of drug-likeness (QED) is 0.0490. The fraction of sp³-hybridized carbons (Fsp3) is 0.115. The fourth-order valence-corrected chi connectivity index (χ4v) is 10.6. The first kappa shape index (κ1) is 40.4. The number of benzene rings is 6. The van der Waals surface area contributed by atoms with E-state index in [4.69, 9.17) is 15.0 Å². The van der Waals surface area contributed by atoms with E-state index in [1.807, 2.05) is 153 Å². The number of thiazole rings is 1. The van der Waals surface area contributed by atoms with Gasteiger partial charge in [0.2, 0.25) is 5.60 Å². The number of nitrogens with zero attached hydrogens (tertiary/aromatic N) is 3. The van der Waals surface area contributed by atoms with Gasteiger partial charge in [-0.05, 0) is 29.2 Å². The van der Waals surface area contributed by atoms with E-state index >= 15 is 0 Å². The van der Waals surface area contributed by atoms with Crippen molar-refractivity contribution in [3.8, 4) is 0 Å². The lowest BCUT2D eigenvalue weighted by molar-refractivity contribution is -0.144. The van der Waals surface area contributed by atoms with E-state index < -0.39 is 23.1 Å². The minimum absolute atomic E-state index is 0.0719. The van der Waals surface area contributed by atoms with Crippen molar-refractivity contribution >= 4 is 45.8 Å². The summed E-state index contributed by atoms with van der Waals surface area (Å²) < 4.78 is 0. The van der Waals surface area contributed by atoms with Crippen LogP contribution in [0.4, 0.5) is 5.13 Å². The standard InChI is InChI=1S/C52H43N5O3S2/c1-3-37-34-61-49-46(48(59)57(49)36(37)2)54-47(58)45(56-60-52(41-28-16-7-17-29-41,42-30-18-8-19-31-42)43-32-20-9-21-33-43)44-35-62-50(53-44)55-51(38-22-10-4-11-23-38,39-24-12-5-13-25-39)40-26-14-6-15-27-40/h3-33,35,46,49H,1,34H2,2H3,(H,53,55)(H,54,58)/b56-45-/t46-,49-/m1/s1. The van der Waals surface area contributed by atoms with E-state index in [1.165, 1.54) is 11.3 Å². The molecule has 2 aliphatic heterocycles. The molecule has 10 heteroatoms. The molecule has 7 aromatic rings. The van der Waals surface area contributed by atoms with Gasteiger partial charge in [-0.15, -0.1) is 23.1 Å². The summed E-state index contributed by atoms with van der Waals surface area (Å²) in [5, 5.41) is 13.8. The van der Waals surface area contributed by atoms with Crippen LogP contribution in [0.1, 0.15) is 46.0 Å². The maximum atomic E-state index is 14.9. The van der Waals surface area contributed by atoms with Gasteiger partial charge < -0.3 is 15.5 Å². The zero-order valence-electron chi connectivity index (χ0n) is 33.9. The van der Waals surface area contributed by atoms with Crippen LogP contribution in [0.15, 0.2) is 216 Å². The van der Waals surface area contributed by atoms with Crippen molar-refractivity contribution in [2.45, 2.75) is 29.5 Å². The summed E-state index contributed by atoms with van der Waals surface area (Å²) >= 11 is 2.95. The molecule has 9 rings (SSSR count). The molecule has 3 heterocycles. The number of hydrogen-bond donors (Lipinski definition) is 2. The molecule has 1 saturated heterocycles. The summed E-state index contributed by atoms with van der Waals surface area (Å²) in [7, 11) is 0. The number of aromatic nitrogens is 1. The number of allylic oxidation sites excluding steroid dienone is 2. The largest absolute Gasteiger partial charge is 0.374 e. The van der Waals surface area contributed by atoms with Crippen molar-refractivity contribution in [2.75, 3.05) is 11.1 Å². The molecule has 1 fully saturated rings. The first-order chi connectivity index (χ1) is 30.4. The van der Waals surface area contributed by atoms with Crippen molar-refractivity contribution < 1.29 is 14.4 Å². The molecule has 2 N–H and O–H groups in total. The van der Waals surface area contributed by atoms with E-state index in [0.29, 0.717) is 10.9 Å². The summed E-state index contributed by atoms with van der Waals surface area (Å²) in [5.74, 6) is -0.0971. The third-order valence-electron chi connectivity index (χ3n) is 11.5. The molecule has 8 nitrogen and oxygen atoms in total. The molecule has 0 saturated carbocycles. The van der Waals surface area contributed by atoms with E-state index in [0.717, 1.165) is 44.7 Å². The van der Waals surface area contributed by atoms with Crippen LogP contribution in [0, 0.1) is 0 Å². The number of hydrogen-bond acceptors (Lipinski definition) is 8. The van der Waals surface area contributed by atoms with Crippen molar-refractivity contribution in [2.24, 2.45) is 5.16 Å². The third-order valence-corrected chi connectivity index (χ3v) is 13.6. The number of rotatable bonds is 14. The van der Waals surface area contributed by atoms with Gasteiger partial charge in [-0.1, -0.05) is 200 Å². The maximum Gasteiger partial charge on any atom is 0.276 e. The van der Waals surface area contributed by atoms with Gasteiger partial charge in [-0.3, -0.25) is 14.5 Å². The van der Waals surface area contributed by atoms with Crippen LogP contribution >= 0.6 is 23.1 Å². The minimum atomic E-state index is -1.28. The minimum Gasteiger partial charge on any atom is -0.374 e. The first-order valence-electron chi connectivity index (χ1n) is 20.3. The summed E-state index contributed by atoms with van der Waals surface area (Å²) in [6.45, 7) is 5.85. The predicted octanol–water partition coefficient (Wildman–Crippen LogP) is 10.1. The molecule has 6 aromatic carbocycles. The Morgan fingerprint density at radius 1 is 0.726 bits per heavy atom. The highest BCUT2D eigenvalue weighted by molar-refractivity contribution is 8.00. The van der Waals surface area contributed by atoms with Crippen LogP contribution in [-0.2, 0) is 25.6 Å². The van der Waals surface area contributed by atoms with Crippen LogP contribution in [0.2, 0.25) is 0 Å². The van der Waals surface area contributed by atoms with Crippen LogP contribution < -0.4 is 10.6 Å². The van der Waals surface area contributed by atoms with Gasteiger partial charge in [-0.2, -0.15) is 0 Å². The Hall–Kier alpha value is -7.01. The van der Waals surface area contributed by atoms with Gasteiger partial charge in [0.05, 0.1) is 0 Å². The summed E-state index contributed by atoms with van der Waals surface area (Å²) in [4.78, 5) is 42.4. The van der Waals surface area contributed by atoms with Gasteiger partial charge in [0.15, 0.2) is 10.8 Å². The Morgan fingerprint density at radius 2 is 1.16 bits per heavy atom. The monoisotopic (exact) mass is 849 g/mol. The van der Waals surface area contributed by atoms with Gasteiger partial charge in [0.1, 0.15) is 22.6 Å². The molecule has 62 heavy (non-hydrogen) atoms. The van der Waals surface area contributed by atoms with E-state index in [2.05, 4.69) is 53.6 Å². The number of amides is 2. The Kier molecular flexibility index (Phi) is 11.4. The summed E-state index contributed by atoms with van der Waals surface area (Å²) in [6.07, 6.45) is 1.79. The van der Waals surface area contributed by atoms with Gasteiger partial charge in [0, 0.05) is 33.5 Å². The van der Waals surface area contributed by atoms with Crippen molar-refractivity contribution in [3.05, 3.63) is 250 Å². The molecule has 306 valence electrons. The van der Waals surface area contributed by atoms with E-state index in [1.54, 1.807) is 28.1 Å². The molecular formula is C52H43N5O3S2. The van der Waals surface area contributed by atoms with Crippen molar-refractivity contribution in [1.82, 2.24) is 15.2 Å². The zero-order valence-corrected chi connectivity index (χ0v) is 35.6. The number of carbonyl (C=O) groups excluding carboxylic acids is 2. The Labute approximate surface area is 369 Å². The highest BCUT2D eigenvalue weighted by Gasteiger charge is 2.52. The fourth-order valence-electron chi connectivity index (χ4n) is 8.35. The normalized spacial score (nSPS) is 16.5. The number of β-lactam (4-membered cyclic amide) rings is 1. The molecule has 2 atom stereocenters. The third kappa shape index (κ3) is 7.31. The van der Waals surface area contributed by atoms with Crippen LogP contribution in [0.5, 0.6) is 0 Å². The topological polar surface area (TPSA) is 95.9 Å². The molecule has 0 aliphatic carbocycles. The number of fused-ring (bicyclic) bond motifs is 1. The SMILES string of the molecule is C=CC1=C(C)N2C(=O)[C@@H](NC(=O)/C(=N\OC(c3ccccc3)(c3ccccc3)c3ccccc3)c3csc(NC(c4ccccc4)(c4ccccc4)c4ccccc4)n3)[C@H]2SC1. The van der Waals surface area contributed by atoms with Gasteiger partial charge in [-0.25, -0.2) is 4.98 Å². The van der Waals surface area contributed by atoms with Gasteiger partial charge in [0.25, 0.3) is 11.8 Å².